The number of rotatable bonds is 30. The van der Waals surface area contributed by atoms with Crippen LogP contribution < -0.4 is 31.9 Å². The van der Waals surface area contributed by atoms with Gasteiger partial charge >= 0.3 is 12.1 Å². The van der Waals surface area contributed by atoms with Gasteiger partial charge in [-0.1, -0.05) is 0 Å². The maximum Gasteiger partial charge on any atom is 0.407 e. The van der Waals surface area contributed by atoms with Crippen LogP contribution in [-0.4, -0.2) is 316 Å². The van der Waals surface area contributed by atoms with Crippen LogP contribution in [-0.2, 0) is 152 Å². The van der Waals surface area contributed by atoms with Crippen molar-refractivity contribution in [1.29, 1.82) is 0 Å². The van der Waals surface area contributed by atoms with Crippen molar-refractivity contribution in [3.8, 4) is 0 Å². The van der Waals surface area contributed by atoms with E-state index in [1.54, 1.807) is 104 Å². The summed E-state index contributed by atoms with van der Waals surface area (Å²) in [6, 6.07) is -7.58. The number of fused-ring (bicyclic) bond motifs is 6. The molecule has 12 heterocycles. The second-order valence-corrected chi connectivity index (χ2v) is 33.5. The molecular weight excluding hydrogens is 1480 g/mol. The van der Waals surface area contributed by atoms with Gasteiger partial charge in [-0.15, -0.1) is 0 Å². The molecule has 0 unspecified atom stereocenters. The minimum absolute atomic E-state index is 0.387. The average Bonchev–Trinajstić information content (AvgIpc) is 1.64. The van der Waals surface area contributed by atoms with Gasteiger partial charge in [0, 0.05) is 74.8 Å². The Morgan fingerprint density at radius 3 is 0.640 bits per heavy atom. The van der Waals surface area contributed by atoms with Gasteiger partial charge in [0.1, 0.15) is 115 Å². The Balaban J connectivity index is 0.826. The molecule has 39 nitrogen and oxygen atoms in total. The van der Waals surface area contributed by atoms with E-state index in [1.165, 1.54) is 49.8 Å². The molecule has 12 aliphatic heterocycles. The summed E-state index contributed by atoms with van der Waals surface area (Å²) in [6.07, 6.45) is -27.7. The molecular formula is C72H114N6O33. The molecule has 6 amide bonds. The molecule has 30 atom stereocenters. The van der Waals surface area contributed by atoms with E-state index in [0.717, 1.165) is 0 Å². The fraction of sp³-hybridized carbons (Fsp3) is 0.903. The van der Waals surface area contributed by atoms with Gasteiger partial charge in [0.15, 0.2) is 72.5 Å². The number of alkyl carbamates (subject to hydrolysis) is 1. The third-order valence-electron chi connectivity index (χ3n) is 21.2. The number of carbonyl (C=O) groups is 7. The number of amides is 6. The molecule has 0 aromatic heterocycles. The van der Waals surface area contributed by atoms with E-state index >= 15 is 19.2 Å². The van der Waals surface area contributed by atoms with E-state index in [0.29, 0.717) is 0 Å². The molecule has 12 fully saturated rings. The fourth-order valence-corrected chi connectivity index (χ4v) is 17.1. The van der Waals surface area contributed by atoms with Crippen molar-refractivity contribution >= 4 is 41.6 Å². The summed E-state index contributed by atoms with van der Waals surface area (Å²) in [5.41, 5.74) is -0.962. The Hall–Kier alpha value is -4.87. The molecule has 0 spiro atoms. The zero-order valence-corrected chi connectivity index (χ0v) is 67.0. The van der Waals surface area contributed by atoms with Gasteiger partial charge in [-0.25, -0.2) is 4.79 Å². The first-order valence-corrected chi connectivity index (χ1v) is 37.7. The summed E-state index contributed by atoms with van der Waals surface area (Å²) in [6.45, 7) is 25.4. The molecule has 0 aromatic carbocycles. The van der Waals surface area contributed by atoms with Crippen LogP contribution in [0.5, 0.6) is 0 Å². The lowest BCUT2D eigenvalue weighted by atomic mass is 9.95. The number of esters is 1. The zero-order valence-electron chi connectivity index (χ0n) is 67.0. The van der Waals surface area contributed by atoms with Gasteiger partial charge in [-0.2, -0.15) is 0 Å². The summed E-state index contributed by atoms with van der Waals surface area (Å²) >= 11 is 0. The lowest BCUT2D eigenvalue weighted by Crippen LogP contribution is -2.58. The van der Waals surface area contributed by atoms with Gasteiger partial charge in [0.05, 0.1) is 49.8 Å². The summed E-state index contributed by atoms with van der Waals surface area (Å²) in [7, 11) is 9.71. The minimum atomic E-state index is -1.36. The van der Waals surface area contributed by atoms with Gasteiger partial charge in [0.2, 0.25) is 29.5 Å². The summed E-state index contributed by atoms with van der Waals surface area (Å²) < 4.78 is 160. The Kier molecular flexibility index (Phi) is 25.3. The van der Waals surface area contributed by atoms with E-state index in [-0.39, 0.29) is 6.42 Å². The zero-order chi connectivity index (χ0) is 80.7. The van der Waals surface area contributed by atoms with Gasteiger partial charge in [-0.05, 0) is 104 Å². The van der Waals surface area contributed by atoms with E-state index < -0.39 is 298 Å². The van der Waals surface area contributed by atoms with Crippen molar-refractivity contribution < 1.29 is 157 Å². The van der Waals surface area contributed by atoms with Crippen molar-refractivity contribution in [1.82, 2.24) is 31.9 Å². The molecule has 0 saturated carbocycles. The largest absolute Gasteiger partial charge is 0.469 e. The maximum atomic E-state index is 15.5. The lowest BCUT2D eigenvalue weighted by Gasteiger charge is -2.34. The van der Waals surface area contributed by atoms with E-state index in [4.69, 9.17) is 123 Å². The van der Waals surface area contributed by atoms with Crippen LogP contribution in [0.25, 0.3) is 0 Å². The van der Waals surface area contributed by atoms with E-state index in [9.17, 15) is 14.4 Å². The summed E-state index contributed by atoms with van der Waals surface area (Å²) in [4.78, 5) is 103. The normalized spacial score (nSPS) is 39.5. The van der Waals surface area contributed by atoms with Crippen molar-refractivity contribution in [3.05, 3.63) is 0 Å². The van der Waals surface area contributed by atoms with Gasteiger partial charge in [0.25, 0.3) is 0 Å². The summed E-state index contributed by atoms with van der Waals surface area (Å²) in [5.74, 6) is -11.1. The maximum absolute atomic E-state index is 15.5. The monoisotopic (exact) mass is 1590 g/mol. The second-order valence-electron chi connectivity index (χ2n) is 33.5. The number of methoxy groups -OCH3 is 7. The fourth-order valence-electron chi connectivity index (χ4n) is 17.1. The standard InChI is InChI=1S/C72H114N6O33/c1-66(2,3)111-65(85)78-33(45-51(91-21)57-63(97-45)109-71(12,13)103-57)27-39(83)76-31(43-49(89-19)55-61(95-43)107-69(8,9)101-55)25-37(81)74-29(41-47(87-17)53-59(93-41)105-67(4,5)99-53)23-35(79)73-30(42-48(88-18)54-60(94-42)106-68(6,7)100-54)24-36(80)75-32(44-50(90-20)56-62(96-44)108-70(10,11)102-56)26-38(82)77-34(28-40(84)86-16)46-52(92-22)58-64(98-46)110-72(14,15)104-58/h29-34,41-64H,23-28H2,1-22H3,(H,73,79)(H,74,81)(H,75,80)(H,76,83)(H,77,82)(H,78,85)/t29-,30-,31-,32-,33-,34-,41+,42+,43+,44+,45+,46+,47-,48-,49-,50-,51-,52-,53+,54+,55+,56+,57+,58+,59+,60+,61+,62+,63+,64+/m0/s1. The third kappa shape index (κ3) is 19.1. The van der Waals surface area contributed by atoms with Gasteiger partial charge < -0.3 is 155 Å². The molecule has 630 valence electrons. The number of ether oxygens (including phenoxy) is 26. The molecule has 0 aliphatic carbocycles. The van der Waals surface area contributed by atoms with Crippen molar-refractivity contribution in [2.24, 2.45) is 0 Å². The second kappa shape index (κ2) is 32.9. The third-order valence-corrected chi connectivity index (χ3v) is 21.2. The topological polar surface area (TPSA) is 432 Å². The Morgan fingerprint density at radius 1 is 0.288 bits per heavy atom. The van der Waals surface area contributed by atoms with E-state index in [2.05, 4.69) is 31.9 Å². The van der Waals surface area contributed by atoms with Crippen LogP contribution in [0.2, 0.25) is 0 Å². The number of hydrogen-bond donors (Lipinski definition) is 6. The van der Waals surface area contributed by atoms with Crippen molar-refractivity contribution in [2.75, 3.05) is 49.8 Å². The van der Waals surface area contributed by atoms with Crippen LogP contribution in [0.1, 0.15) is 142 Å². The number of hydrogen-bond acceptors (Lipinski definition) is 33. The molecule has 0 bridgehead atoms. The van der Waals surface area contributed by atoms with Crippen LogP contribution >= 0.6 is 0 Å². The summed E-state index contributed by atoms with van der Waals surface area (Å²) in [5, 5.41) is 17.7. The lowest BCUT2D eigenvalue weighted by molar-refractivity contribution is -0.221. The Labute approximate surface area is 644 Å². The molecule has 12 aliphatic rings. The predicted octanol–water partition coefficient (Wildman–Crippen LogP) is 0.166. The molecule has 0 aromatic rings. The smallest absolute Gasteiger partial charge is 0.407 e. The number of carbonyl (C=O) groups excluding carboxylic acids is 7. The number of nitrogens with one attached hydrogen (secondary N) is 6. The minimum Gasteiger partial charge on any atom is -0.469 e. The van der Waals surface area contributed by atoms with Crippen LogP contribution in [0.15, 0.2) is 0 Å². The molecule has 6 N–H and O–H groups in total. The highest BCUT2D eigenvalue weighted by Crippen LogP contribution is 2.47. The van der Waals surface area contributed by atoms with Crippen LogP contribution in [0.4, 0.5) is 4.79 Å². The Morgan fingerprint density at radius 2 is 0.468 bits per heavy atom. The molecule has 0 radical (unpaired) electrons. The van der Waals surface area contributed by atoms with Crippen LogP contribution in [0, 0.1) is 0 Å². The molecule has 39 heteroatoms. The first-order valence-electron chi connectivity index (χ1n) is 37.7. The van der Waals surface area contributed by atoms with Crippen LogP contribution in [0.3, 0.4) is 0 Å². The average molecular weight is 1590 g/mol. The highest BCUT2D eigenvalue weighted by atomic mass is 16.9. The van der Waals surface area contributed by atoms with Crippen molar-refractivity contribution in [2.45, 2.75) is 367 Å². The van der Waals surface area contributed by atoms with E-state index in [1.807, 2.05) is 0 Å². The Bertz CT molecular complexity index is 3340. The van der Waals surface area contributed by atoms with Crippen molar-refractivity contribution in [3.63, 3.8) is 0 Å². The highest BCUT2D eigenvalue weighted by Gasteiger charge is 2.65. The SMILES string of the molecule is COC(=O)C[C@H](NC(=O)C[C@H](NC(=O)C[C@H](NC(=O)C[C@H](NC(=O)C[C@H](NC(=O)C[C@H](NC(=O)OC(C)(C)C)[C@H]1O[C@@H]2OC(C)(C)O[C@@H]2[C@H]1OC)[C@H]1O[C@@H]2OC(C)(C)O[C@@H]2[C@H]1OC)[C@H]1O[C@@H]2OC(C)(C)O[C@@H]2[C@H]1OC)[C@H]1O[C@@H]2OC(C)(C)O[C@@H]2[C@H]1OC)[C@H]1O[C@@H]2OC(C)(C)O[C@@H]2[C@H]1OC)[C@H]1O[C@@H]2OC(C)(C)O[C@@H]2[C@H]1OC. The predicted molar refractivity (Wildman–Crippen MR) is 369 cm³/mol. The molecule has 111 heavy (non-hydrogen) atoms. The first kappa shape index (κ1) is 85.5. The van der Waals surface area contributed by atoms with Gasteiger partial charge in [-0.3, -0.25) is 28.8 Å². The quantitative estimate of drug-likeness (QED) is 0.0522. The molecule has 12 saturated heterocycles. The molecule has 12 rings (SSSR count). The first-order chi connectivity index (χ1) is 51.9. The highest BCUT2D eigenvalue weighted by molar-refractivity contribution is 5.84.